The molecule has 1 N–H and O–H groups in total. The first-order valence-electron chi connectivity index (χ1n) is 8.39. The first-order chi connectivity index (χ1) is 13.1. The Labute approximate surface area is 157 Å². The van der Waals surface area contributed by atoms with Crippen molar-refractivity contribution < 1.29 is 10.0 Å². The molecule has 0 radical (unpaired) electrons. The van der Waals surface area contributed by atoms with Gasteiger partial charge in [-0.05, 0) is 29.3 Å². The van der Waals surface area contributed by atoms with Crippen LogP contribution < -0.4 is 0 Å². The first kappa shape index (κ1) is 18.1. The molecular weight excluding hydrogens is 338 g/mol. The molecule has 1 unspecified atom stereocenters. The van der Waals surface area contributed by atoms with E-state index in [2.05, 4.69) is 11.8 Å². The Morgan fingerprint density at radius 1 is 0.926 bits per heavy atom. The highest BCUT2D eigenvalue weighted by Gasteiger charge is 2.11. The second kappa shape index (κ2) is 8.61. The molecule has 1 atom stereocenters. The SMILES string of the molecule is O=[N+]([O-])c1ccc(C#C/C(=C\c2ccccc2)C(O)c2ccccc2)cc1. The Hall–Kier alpha value is -3.68. The number of benzene rings is 3. The van der Waals surface area contributed by atoms with Gasteiger partial charge in [0.2, 0.25) is 0 Å². The zero-order valence-corrected chi connectivity index (χ0v) is 14.4. The molecule has 3 aromatic rings. The van der Waals surface area contributed by atoms with Gasteiger partial charge in [0.15, 0.2) is 0 Å². The topological polar surface area (TPSA) is 63.4 Å². The molecule has 132 valence electrons. The Balaban J connectivity index is 1.96. The van der Waals surface area contributed by atoms with E-state index in [9.17, 15) is 15.2 Å². The van der Waals surface area contributed by atoms with Crippen molar-refractivity contribution in [1.29, 1.82) is 0 Å². The van der Waals surface area contributed by atoms with Gasteiger partial charge < -0.3 is 5.11 Å². The van der Waals surface area contributed by atoms with E-state index in [1.807, 2.05) is 66.7 Å². The molecule has 0 aliphatic heterocycles. The summed E-state index contributed by atoms with van der Waals surface area (Å²) in [6, 6.07) is 25.0. The number of nitrogens with zero attached hydrogens (tertiary/aromatic N) is 1. The van der Waals surface area contributed by atoms with Gasteiger partial charge in [-0.1, -0.05) is 72.5 Å². The summed E-state index contributed by atoms with van der Waals surface area (Å²) < 4.78 is 0. The number of rotatable bonds is 4. The molecule has 4 heteroatoms. The maximum Gasteiger partial charge on any atom is 0.269 e. The molecule has 3 rings (SSSR count). The van der Waals surface area contributed by atoms with Crippen molar-refractivity contribution in [3.05, 3.63) is 117 Å². The van der Waals surface area contributed by atoms with Crippen molar-refractivity contribution in [2.45, 2.75) is 6.10 Å². The van der Waals surface area contributed by atoms with Crippen LogP contribution in [0.4, 0.5) is 5.69 Å². The van der Waals surface area contributed by atoms with Crippen LogP contribution in [0.3, 0.4) is 0 Å². The van der Waals surface area contributed by atoms with E-state index in [-0.39, 0.29) is 5.69 Å². The summed E-state index contributed by atoms with van der Waals surface area (Å²) in [5.41, 5.74) is 2.88. The molecule has 27 heavy (non-hydrogen) atoms. The molecule has 0 bridgehead atoms. The Morgan fingerprint density at radius 3 is 2.11 bits per heavy atom. The third-order valence-electron chi connectivity index (χ3n) is 3.96. The first-order valence-corrected chi connectivity index (χ1v) is 8.39. The third kappa shape index (κ3) is 4.91. The molecule has 0 saturated heterocycles. The zero-order valence-electron chi connectivity index (χ0n) is 14.4. The zero-order chi connectivity index (χ0) is 19.1. The van der Waals surface area contributed by atoms with Crippen molar-refractivity contribution in [2.75, 3.05) is 0 Å². The smallest absolute Gasteiger partial charge is 0.269 e. The van der Waals surface area contributed by atoms with Crippen molar-refractivity contribution in [1.82, 2.24) is 0 Å². The number of nitro groups is 1. The van der Waals surface area contributed by atoms with Gasteiger partial charge in [0.1, 0.15) is 6.10 Å². The lowest BCUT2D eigenvalue weighted by Gasteiger charge is -2.11. The lowest BCUT2D eigenvalue weighted by Crippen LogP contribution is -2.00. The van der Waals surface area contributed by atoms with Gasteiger partial charge in [0.25, 0.3) is 5.69 Å². The predicted octanol–water partition coefficient (Wildman–Crippen LogP) is 4.76. The van der Waals surface area contributed by atoms with Crippen LogP contribution in [0.5, 0.6) is 0 Å². The summed E-state index contributed by atoms with van der Waals surface area (Å²) in [6.45, 7) is 0. The third-order valence-corrected chi connectivity index (χ3v) is 3.96. The largest absolute Gasteiger partial charge is 0.383 e. The fourth-order valence-electron chi connectivity index (χ4n) is 2.54. The monoisotopic (exact) mass is 355 g/mol. The van der Waals surface area contributed by atoms with Crippen molar-refractivity contribution in [2.24, 2.45) is 0 Å². The highest BCUT2D eigenvalue weighted by atomic mass is 16.6. The number of hydrogen-bond acceptors (Lipinski definition) is 3. The number of hydrogen-bond donors (Lipinski definition) is 1. The van der Waals surface area contributed by atoms with Crippen LogP contribution >= 0.6 is 0 Å². The highest BCUT2D eigenvalue weighted by Crippen LogP contribution is 2.23. The van der Waals surface area contributed by atoms with E-state index in [4.69, 9.17) is 0 Å². The summed E-state index contributed by atoms with van der Waals surface area (Å²) in [7, 11) is 0. The standard InChI is InChI=1S/C23H17NO3/c25-23(20-9-5-2-6-10-20)21(17-19-7-3-1-4-8-19)14-11-18-12-15-22(16-13-18)24(26)27/h1-10,12-13,15-17,23,25H/b21-17+. The molecule has 0 fully saturated rings. The van der Waals surface area contributed by atoms with Gasteiger partial charge in [-0.2, -0.15) is 0 Å². The maximum atomic E-state index is 10.8. The quantitative estimate of drug-likeness (QED) is 0.417. The summed E-state index contributed by atoms with van der Waals surface area (Å²) in [5, 5.41) is 21.5. The van der Waals surface area contributed by atoms with Crippen molar-refractivity contribution in [3.63, 3.8) is 0 Å². The van der Waals surface area contributed by atoms with Crippen LogP contribution in [0.15, 0.2) is 90.5 Å². The van der Waals surface area contributed by atoms with Crippen LogP contribution in [-0.4, -0.2) is 10.0 Å². The molecule has 0 heterocycles. The van der Waals surface area contributed by atoms with Gasteiger partial charge in [0.05, 0.1) is 4.92 Å². The Bertz CT molecular complexity index is 998. The Morgan fingerprint density at radius 2 is 1.52 bits per heavy atom. The highest BCUT2D eigenvalue weighted by molar-refractivity contribution is 5.61. The van der Waals surface area contributed by atoms with E-state index < -0.39 is 11.0 Å². The van der Waals surface area contributed by atoms with Gasteiger partial charge in [-0.15, -0.1) is 0 Å². The molecular formula is C23H17NO3. The van der Waals surface area contributed by atoms with Gasteiger partial charge >= 0.3 is 0 Å². The van der Waals surface area contributed by atoms with Gasteiger partial charge in [-0.3, -0.25) is 10.1 Å². The van der Waals surface area contributed by atoms with Gasteiger partial charge in [0, 0.05) is 23.3 Å². The molecule has 0 amide bonds. The number of non-ortho nitro benzene ring substituents is 1. The molecule has 0 saturated carbocycles. The van der Waals surface area contributed by atoms with Crippen molar-refractivity contribution >= 4 is 11.8 Å². The lowest BCUT2D eigenvalue weighted by molar-refractivity contribution is -0.384. The second-order valence-electron chi connectivity index (χ2n) is 5.88. The second-order valence-corrected chi connectivity index (χ2v) is 5.88. The van der Waals surface area contributed by atoms with E-state index in [0.29, 0.717) is 11.1 Å². The summed E-state index contributed by atoms with van der Waals surface area (Å²) >= 11 is 0. The molecule has 4 nitrogen and oxygen atoms in total. The van der Waals surface area contributed by atoms with Crippen LogP contribution in [0.1, 0.15) is 22.8 Å². The fraction of sp³-hybridized carbons (Fsp3) is 0.0435. The average Bonchev–Trinajstić information content (AvgIpc) is 2.72. The molecule has 0 aromatic heterocycles. The summed E-state index contributed by atoms with van der Waals surface area (Å²) in [4.78, 5) is 10.3. The minimum atomic E-state index is -0.864. The van der Waals surface area contributed by atoms with Crippen LogP contribution in [0.25, 0.3) is 6.08 Å². The van der Waals surface area contributed by atoms with E-state index >= 15 is 0 Å². The minimum absolute atomic E-state index is 0.0184. The Kier molecular flexibility index (Phi) is 5.78. The molecule has 3 aromatic carbocycles. The van der Waals surface area contributed by atoms with Gasteiger partial charge in [-0.25, -0.2) is 0 Å². The van der Waals surface area contributed by atoms with Crippen LogP contribution in [-0.2, 0) is 0 Å². The van der Waals surface area contributed by atoms with E-state index in [0.717, 1.165) is 11.1 Å². The minimum Gasteiger partial charge on any atom is -0.383 e. The van der Waals surface area contributed by atoms with Crippen LogP contribution in [0, 0.1) is 22.0 Å². The molecule has 0 aliphatic rings. The van der Waals surface area contributed by atoms with Crippen LogP contribution in [0.2, 0.25) is 0 Å². The lowest BCUT2D eigenvalue weighted by atomic mass is 9.99. The van der Waals surface area contributed by atoms with E-state index in [1.165, 1.54) is 12.1 Å². The number of aliphatic hydroxyl groups is 1. The summed E-state index contributed by atoms with van der Waals surface area (Å²) in [6.07, 6.45) is 0.979. The predicted molar refractivity (Wildman–Crippen MR) is 106 cm³/mol. The molecule has 0 aliphatic carbocycles. The van der Waals surface area contributed by atoms with E-state index in [1.54, 1.807) is 12.1 Å². The molecule has 0 spiro atoms. The van der Waals surface area contributed by atoms with Crippen molar-refractivity contribution in [3.8, 4) is 11.8 Å². The normalized spacial score (nSPS) is 12.0. The fourth-order valence-corrected chi connectivity index (χ4v) is 2.54. The number of aliphatic hydroxyl groups excluding tert-OH is 1. The summed E-state index contributed by atoms with van der Waals surface area (Å²) in [5.74, 6) is 6.00. The number of nitro benzene ring substituents is 1. The average molecular weight is 355 g/mol. The maximum absolute atomic E-state index is 10.8.